The van der Waals surface area contributed by atoms with Crippen LogP contribution in [0.3, 0.4) is 0 Å². The van der Waals surface area contributed by atoms with Crippen LogP contribution in [0.1, 0.15) is 96.5 Å². The zero-order valence-electron chi connectivity index (χ0n) is 22.8. The van der Waals surface area contributed by atoms with Crippen molar-refractivity contribution in [1.29, 1.82) is 0 Å². The first-order valence-corrected chi connectivity index (χ1v) is 15.1. The maximum absolute atomic E-state index is 12.2. The average Bonchev–Trinajstić information content (AvgIpc) is 3.26. The van der Waals surface area contributed by atoms with Crippen molar-refractivity contribution < 1.29 is 31.7 Å². The molecule has 1 aliphatic carbocycles. The number of hydrogen-bond donors (Lipinski definition) is 2. The molecular formula is C31H49BrN2O2. The highest BCUT2D eigenvalue weighted by molar-refractivity contribution is 5.66. The number of likely N-dealkylation sites (N-methyl/N-ethyl adjacent to an activating group) is 1. The summed E-state index contributed by atoms with van der Waals surface area (Å²) >= 11 is 0. The molecule has 4 saturated heterocycles. The van der Waals surface area contributed by atoms with E-state index in [1.165, 1.54) is 75.5 Å². The van der Waals surface area contributed by atoms with Gasteiger partial charge in [0.05, 0.1) is 30.1 Å². The Morgan fingerprint density at radius 3 is 2.31 bits per heavy atom. The number of hydrogen-bond acceptors (Lipinski definition) is 3. The molecule has 5 aliphatic heterocycles. The number of aliphatic hydroxyl groups excluding tert-OH is 2. The Morgan fingerprint density at radius 2 is 1.61 bits per heavy atom. The van der Waals surface area contributed by atoms with Crippen LogP contribution >= 0.6 is 0 Å². The van der Waals surface area contributed by atoms with Gasteiger partial charge in [0, 0.05) is 37.4 Å². The van der Waals surface area contributed by atoms with Gasteiger partial charge in [0.15, 0.2) is 6.23 Å². The average molecular weight is 562 g/mol. The molecule has 0 aromatic heterocycles. The van der Waals surface area contributed by atoms with Crippen molar-refractivity contribution in [2.75, 3.05) is 18.5 Å². The van der Waals surface area contributed by atoms with Crippen molar-refractivity contribution in [2.24, 2.45) is 17.8 Å². The zero-order chi connectivity index (χ0) is 24.4. The highest BCUT2D eigenvalue weighted by Gasteiger charge is 2.82. The molecule has 1 spiro atoms. The number of rotatable bonds is 11. The molecule has 5 fully saturated rings. The third-order valence-electron chi connectivity index (χ3n) is 11.8. The van der Waals surface area contributed by atoms with Crippen molar-refractivity contribution >= 4 is 5.69 Å². The summed E-state index contributed by atoms with van der Waals surface area (Å²) in [4.78, 5) is 2.52. The number of quaternary nitrogens is 1. The summed E-state index contributed by atoms with van der Waals surface area (Å²) in [5.74, 6) is 1.17. The summed E-state index contributed by atoms with van der Waals surface area (Å²) in [5.41, 5.74) is 2.58. The number of halogens is 1. The maximum atomic E-state index is 12.2. The molecule has 10 atom stereocenters. The van der Waals surface area contributed by atoms with Crippen LogP contribution < -0.4 is 21.9 Å². The van der Waals surface area contributed by atoms with Crippen LogP contribution in [0.5, 0.6) is 0 Å². The molecule has 0 amide bonds. The summed E-state index contributed by atoms with van der Waals surface area (Å²) in [5, 5.41) is 24.2. The highest BCUT2D eigenvalue weighted by Crippen LogP contribution is 2.71. The molecule has 5 bridgehead atoms. The van der Waals surface area contributed by atoms with Crippen molar-refractivity contribution in [3.63, 3.8) is 0 Å². The Hall–Kier alpha value is -0.620. The van der Waals surface area contributed by atoms with E-state index in [0.717, 1.165) is 23.9 Å². The van der Waals surface area contributed by atoms with Crippen LogP contribution in [0.25, 0.3) is 0 Å². The van der Waals surface area contributed by atoms with Gasteiger partial charge in [0.25, 0.3) is 0 Å². The molecule has 3 unspecified atom stereocenters. The lowest BCUT2D eigenvalue weighted by Gasteiger charge is -2.68. The van der Waals surface area contributed by atoms with Crippen molar-refractivity contribution in [3.8, 4) is 0 Å². The number of para-hydroxylation sites is 1. The Kier molecular flexibility index (Phi) is 7.62. The molecule has 202 valence electrons. The quantitative estimate of drug-likeness (QED) is 0.323. The number of nitrogens with zero attached hydrogens (tertiary/aromatic N) is 2. The highest BCUT2D eigenvalue weighted by atomic mass is 79.9. The molecular weight excluding hydrogens is 512 g/mol. The molecule has 4 nitrogen and oxygen atoms in total. The second-order valence-electron chi connectivity index (χ2n) is 12.9. The van der Waals surface area contributed by atoms with E-state index in [1.807, 2.05) is 0 Å². The van der Waals surface area contributed by atoms with Gasteiger partial charge in [-0.1, -0.05) is 77.0 Å². The van der Waals surface area contributed by atoms with E-state index in [4.69, 9.17) is 0 Å². The minimum Gasteiger partial charge on any atom is -1.00 e. The van der Waals surface area contributed by atoms with E-state index >= 15 is 0 Å². The van der Waals surface area contributed by atoms with Gasteiger partial charge in [-0.3, -0.25) is 4.48 Å². The van der Waals surface area contributed by atoms with Crippen molar-refractivity contribution in [1.82, 2.24) is 0 Å². The van der Waals surface area contributed by atoms with Crippen LogP contribution in [-0.4, -0.2) is 58.7 Å². The molecule has 2 N–H and O–H groups in total. The number of unbranched alkanes of at least 4 members (excludes halogenated alkanes) is 8. The van der Waals surface area contributed by atoms with Gasteiger partial charge in [-0.25, -0.2) is 0 Å². The molecule has 1 aromatic rings. The lowest BCUT2D eigenvalue weighted by Crippen LogP contribution is -3.00. The lowest BCUT2D eigenvalue weighted by molar-refractivity contribution is -1.04. The molecule has 5 heterocycles. The van der Waals surface area contributed by atoms with Gasteiger partial charge < -0.3 is 32.1 Å². The van der Waals surface area contributed by atoms with Crippen LogP contribution in [0.4, 0.5) is 5.69 Å². The molecule has 36 heavy (non-hydrogen) atoms. The summed E-state index contributed by atoms with van der Waals surface area (Å²) in [7, 11) is 2.27. The first-order valence-electron chi connectivity index (χ1n) is 15.1. The van der Waals surface area contributed by atoms with Crippen molar-refractivity contribution in [2.45, 2.75) is 127 Å². The van der Waals surface area contributed by atoms with E-state index < -0.39 is 0 Å². The number of piperidine rings is 4. The third kappa shape index (κ3) is 3.41. The number of aliphatic hydroxyl groups is 2. The summed E-state index contributed by atoms with van der Waals surface area (Å²) < 4.78 is 0.901. The Balaban J connectivity index is 0.00000267. The summed E-state index contributed by atoms with van der Waals surface area (Å²) in [6.07, 6.45) is 14.9. The molecule has 5 heteroatoms. The van der Waals surface area contributed by atoms with E-state index in [1.54, 1.807) is 0 Å². The van der Waals surface area contributed by atoms with Gasteiger partial charge in [0.1, 0.15) is 6.04 Å². The van der Waals surface area contributed by atoms with Gasteiger partial charge in [-0.2, -0.15) is 0 Å². The molecule has 6 aliphatic rings. The molecule has 1 saturated carbocycles. The largest absolute Gasteiger partial charge is 1.00 e. The lowest BCUT2D eigenvalue weighted by atomic mass is 9.60. The van der Waals surface area contributed by atoms with E-state index in [9.17, 15) is 10.2 Å². The first kappa shape index (κ1) is 27.0. The molecule has 0 radical (unpaired) electrons. The number of anilines is 1. The Bertz CT molecular complexity index is 928. The fourth-order valence-corrected chi connectivity index (χ4v) is 10.5. The predicted molar refractivity (Wildman–Crippen MR) is 142 cm³/mol. The normalized spacial score (nSPS) is 43.0. The van der Waals surface area contributed by atoms with Crippen molar-refractivity contribution in [3.05, 3.63) is 29.8 Å². The second kappa shape index (κ2) is 10.2. The van der Waals surface area contributed by atoms with Gasteiger partial charge in [-0.15, -0.1) is 0 Å². The smallest absolute Gasteiger partial charge is 0.194 e. The van der Waals surface area contributed by atoms with Crippen LogP contribution in [0.2, 0.25) is 0 Å². The monoisotopic (exact) mass is 560 g/mol. The van der Waals surface area contributed by atoms with E-state index in [0.29, 0.717) is 35.9 Å². The summed E-state index contributed by atoms with van der Waals surface area (Å²) in [6, 6.07) is 10.1. The molecule has 1 aromatic carbocycles. The standard InChI is InChI=1S/C31H49N2O2.BrH/c1-4-6-7-8-9-10-11-12-15-18-33-25-19-22(21(5-2)30(33)35)27-26(33)20-31(29(27)34)23-16-13-14-17-24(23)32(3)28(25)31;/h13-14,16-17,21-22,25-30,34-35H,4-12,15,18-20H2,1-3H3;1H/q+1;/p-1/t21-,22+,25?,26-,27?,28-,29+,30+,31+,33?;/m0./s1. The van der Waals surface area contributed by atoms with Gasteiger partial charge in [0.2, 0.25) is 0 Å². The molecule has 7 rings (SSSR count). The topological polar surface area (TPSA) is 43.7 Å². The Labute approximate surface area is 229 Å². The predicted octanol–water partition coefficient (Wildman–Crippen LogP) is 2.60. The zero-order valence-corrected chi connectivity index (χ0v) is 24.4. The van der Waals surface area contributed by atoms with Gasteiger partial charge in [-0.05, 0) is 36.8 Å². The van der Waals surface area contributed by atoms with Gasteiger partial charge >= 0.3 is 0 Å². The van der Waals surface area contributed by atoms with Crippen LogP contribution in [0, 0.1) is 17.8 Å². The van der Waals surface area contributed by atoms with E-state index in [-0.39, 0.29) is 34.7 Å². The number of fused-ring (bicyclic) bond motifs is 2. The van der Waals surface area contributed by atoms with Crippen LogP contribution in [0.15, 0.2) is 24.3 Å². The summed E-state index contributed by atoms with van der Waals surface area (Å²) in [6.45, 7) is 5.66. The van der Waals surface area contributed by atoms with E-state index in [2.05, 4.69) is 50.1 Å². The third-order valence-corrected chi connectivity index (χ3v) is 11.8. The SMILES string of the molecule is CCCCCCCCCCC[N+]12C3C[C@@H](C4[C@@H](O)[C@]5(C[C@@H]41)c1ccccc1N(C)[C@@H]35)[C@H](CC)[C@H]2O.[Br-]. The fourth-order valence-electron chi connectivity index (χ4n) is 10.5. The maximum Gasteiger partial charge on any atom is 0.194 e. The number of benzene rings is 1. The first-order chi connectivity index (χ1) is 17.0. The minimum absolute atomic E-state index is 0. The Morgan fingerprint density at radius 1 is 0.944 bits per heavy atom. The fraction of sp³-hybridized carbons (Fsp3) is 0.806. The second-order valence-corrected chi connectivity index (χ2v) is 12.9. The minimum atomic E-state index is -0.275. The van der Waals surface area contributed by atoms with Crippen LogP contribution in [-0.2, 0) is 5.41 Å².